The van der Waals surface area contributed by atoms with Crippen LogP contribution < -0.4 is 5.32 Å². The van der Waals surface area contributed by atoms with Crippen molar-refractivity contribution in [2.45, 2.75) is 6.92 Å². The van der Waals surface area contributed by atoms with Gasteiger partial charge in [-0.3, -0.25) is 10.2 Å². The summed E-state index contributed by atoms with van der Waals surface area (Å²) in [6.07, 6.45) is 0.731. The number of amides is 1. The number of carbonyl (C=O) groups excluding carboxylic acids is 1. The minimum atomic E-state index is -0.655. The van der Waals surface area contributed by atoms with Crippen LogP contribution in [0.4, 0.5) is 10.5 Å². The van der Waals surface area contributed by atoms with E-state index in [0.717, 1.165) is 5.56 Å². The summed E-state index contributed by atoms with van der Waals surface area (Å²) >= 11 is 5.94. The van der Waals surface area contributed by atoms with Gasteiger partial charge in [-0.2, -0.15) is 0 Å². The number of halogens is 1. The van der Waals surface area contributed by atoms with Gasteiger partial charge in [0.25, 0.3) is 0 Å². The zero-order chi connectivity index (χ0) is 14.4. The molecule has 0 saturated heterocycles. The monoisotopic (exact) mass is 288 g/mol. The number of rotatable bonds is 3. The minimum Gasteiger partial charge on any atom is -0.298 e. The van der Waals surface area contributed by atoms with Crippen molar-refractivity contribution in [3.8, 4) is 0 Å². The van der Waals surface area contributed by atoms with Gasteiger partial charge in [-0.05, 0) is 25.1 Å². The van der Waals surface area contributed by atoms with Crippen molar-refractivity contribution in [3.05, 3.63) is 64.7 Å². The Morgan fingerprint density at radius 1 is 1.20 bits per heavy atom. The molecule has 5 heteroatoms. The molecule has 0 saturated carbocycles. The van der Waals surface area contributed by atoms with Gasteiger partial charge >= 0.3 is 6.09 Å². The molecule has 0 spiro atoms. The second-order valence-corrected chi connectivity index (χ2v) is 4.53. The Morgan fingerprint density at radius 3 is 2.60 bits per heavy atom. The smallest absolute Gasteiger partial charge is 0.298 e. The predicted molar refractivity (Wildman–Crippen MR) is 80.3 cm³/mol. The standard InChI is InChI=1S/C15H13ClN2O2/c1-11-6-8-13(9-7-11)18-15(19)20-17-10-12-4-2-3-5-14(12)16/h2-10H,1H3,(H,18,19). The first-order valence-corrected chi connectivity index (χ1v) is 6.35. The van der Waals surface area contributed by atoms with Crippen LogP contribution in [0, 0.1) is 6.92 Å². The highest BCUT2D eigenvalue weighted by atomic mass is 35.5. The normalized spacial score (nSPS) is 10.5. The van der Waals surface area contributed by atoms with E-state index in [2.05, 4.69) is 10.5 Å². The van der Waals surface area contributed by atoms with Crippen molar-refractivity contribution in [2.24, 2.45) is 5.16 Å². The summed E-state index contributed by atoms with van der Waals surface area (Å²) < 4.78 is 0. The summed E-state index contributed by atoms with van der Waals surface area (Å²) in [5, 5.41) is 6.70. The summed E-state index contributed by atoms with van der Waals surface area (Å²) in [6, 6.07) is 14.5. The molecular weight excluding hydrogens is 276 g/mol. The number of nitrogens with one attached hydrogen (secondary N) is 1. The molecule has 102 valence electrons. The highest BCUT2D eigenvalue weighted by Gasteiger charge is 2.02. The molecule has 0 fully saturated rings. The van der Waals surface area contributed by atoms with Crippen LogP contribution in [0.25, 0.3) is 0 Å². The maximum absolute atomic E-state index is 11.5. The fourth-order valence-corrected chi connectivity index (χ4v) is 1.67. The molecular formula is C15H13ClN2O2. The van der Waals surface area contributed by atoms with Gasteiger partial charge in [-0.25, -0.2) is 4.79 Å². The minimum absolute atomic E-state index is 0.541. The molecule has 2 aromatic rings. The number of aryl methyl sites for hydroxylation is 1. The van der Waals surface area contributed by atoms with E-state index in [1.165, 1.54) is 6.21 Å². The van der Waals surface area contributed by atoms with Gasteiger partial charge in [0.2, 0.25) is 0 Å². The Balaban J connectivity index is 1.89. The molecule has 0 unspecified atom stereocenters. The van der Waals surface area contributed by atoms with Gasteiger partial charge in [-0.15, -0.1) is 0 Å². The molecule has 0 aliphatic rings. The van der Waals surface area contributed by atoms with Gasteiger partial charge in [-0.1, -0.05) is 52.7 Å². The number of nitrogens with zero attached hydrogens (tertiary/aromatic N) is 1. The zero-order valence-electron chi connectivity index (χ0n) is 10.8. The van der Waals surface area contributed by atoms with E-state index in [1.54, 1.807) is 24.3 Å². The first-order valence-electron chi connectivity index (χ1n) is 5.98. The average molecular weight is 289 g/mol. The second-order valence-electron chi connectivity index (χ2n) is 4.13. The molecule has 0 atom stereocenters. The van der Waals surface area contributed by atoms with Crippen molar-refractivity contribution < 1.29 is 9.63 Å². The van der Waals surface area contributed by atoms with Crippen molar-refractivity contribution in [3.63, 3.8) is 0 Å². The molecule has 0 aliphatic carbocycles. The molecule has 4 nitrogen and oxygen atoms in total. The number of benzene rings is 2. The topological polar surface area (TPSA) is 50.7 Å². The summed E-state index contributed by atoms with van der Waals surface area (Å²) in [5.74, 6) is 0. The number of oxime groups is 1. The molecule has 2 rings (SSSR count). The lowest BCUT2D eigenvalue weighted by molar-refractivity contribution is 0.167. The van der Waals surface area contributed by atoms with Crippen LogP contribution in [-0.4, -0.2) is 12.3 Å². The van der Waals surface area contributed by atoms with Crippen molar-refractivity contribution in [1.82, 2.24) is 0 Å². The van der Waals surface area contributed by atoms with Crippen LogP contribution in [0.2, 0.25) is 5.02 Å². The Labute approximate surface area is 122 Å². The molecule has 0 bridgehead atoms. The van der Waals surface area contributed by atoms with Gasteiger partial charge < -0.3 is 0 Å². The maximum atomic E-state index is 11.5. The van der Waals surface area contributed by atoms with Crippen molar-refractivity contribution in [2.75, 3.05) is 5.32 Å². The third-order valence-corrected chi connectivity index (χ3v) is 2.87. The lowest BCUT2D eigenvalue weighted by Crippen LogP contribution is -2.10. The van der Waals surface area contributed by atoms with Gasteiger partial charge in [0.05, 0.1) is 6.21 Å². The quantitative estimate of drug-likeness (QED) is 0.522. The maximum Gasteiger partial charge on any atom is 0.437 e. The fraction of sp³-hybridized carbons (Fsp3) is 0.0667. The summed E-state index contributed by atoms with van der Waals surface area (Å²) in [5.41, 5.74) is 2.44. The Kier molecular flexibility index (Phi) is 4.74. The molecule has 0 aliphatic heterocycles. The SMILES string of the molecule is Cc1ccc(NC(=O)ON=Cc2ccccc2Cl)cc1. The van der Waals surface area contributed by atoms with Crippen LogP contribution in [0.3, 0.4) is 0 Å². The van der Waals surface area contributed by atoms with Crippen LogP contribution in [-0.2, 0) is 4.84 Å². The van der Waals surface area contributed by atoms with Crippen LogP contribution >= 0.6 is 11.6 Å². The predicted octanol–water partition coefficient (Wildman–Crippen LogP) is 4.23. The first kappa shape index (κ1) is 14.1. The molecule has 0 radical (unpaired) electrons. The van der Waals surface area contributed by atoms with Gasteiger partial charge in [0, 0.05) is 16.3 Å². The van der Waals surface area contributed by atoms with E-state index in [1.807, 2.05) is 31.2 Å². The average Bonchev–Trinajstić information content (AvgIpc) is 2.43. The van der Waals surface area contributed by atoms with E-state index < -0.39 is 6.09 Å². The van der Waals surface area contributed by atoms with E-state index in [9.17, 15) is 4.79 Å². The van der Waals surface area contributed by atoms with E-state index in [4.69, 9.17) is 16.4 Å². The summed E-state index contributed by atoms with van der Waals surface area (Å²) in [4.78, 5) is 16.2. The van der Waals surface area contributed by atoms with Gasteiger partial charge in [0.1, 0.15) is 0 Å². The first-order chi connectivity index (χ1) is 9.65. The molecule has 2 aromatic carbocycles. The third-order valence-electron chi connectivity index (χ3n) is 2.53. The number of hydrogen-bond donors (Lipinski definition) is 1. The molecule has 20 heavy (non-hydrogen) atoms. The number of anilines is 1. The fourth-order valence-electron chi connectivity index (χ4n) is 1.49. The highest BCUT2D eigenvalue weighted by Crippen LogP contribution is 2.12. The lowest BCUT2D eigenvalue weighted by atomic mass is 10.2. The van der Waals surface area contributed by atoms with Crippen LogP contribution in [0.15, 0.2) is 53.7 Å². The zero-order valence-corrected chi connectivity index (χ0v) is 11.6. The third kappa shape index (κ3) is 4.10. The largest absolute Gasteiger partial charge is 0.437 e. The van der Waals surface area contributed by atoms with Crippen LogP contribution in [0.5, 0.6) is 0 Å². The highest BCUT2D eigenvalue weighted by molar-refractivity contribution is 6.33. The lowest BCUT2D eigenvalue weighted by Gasteiger charge is -2.02. The molecule has 0 aromatic heterocycles. The molecule has 1 N–H and O–H groups in total. The van der Waals surface area contributed by atoms with Gasteiger partial charge in [0.15, 0.2) is 0 Å². The van der Waals surface area contributed by atoms with Crippen molar-refractivity contribution in [1.29, 1.82) is 0 Å². The number of carbonyl (C=O) groups is 1. The van der Waals surface area contributed by atoms with E-state index in [0.29, 0.717) is 16.3 Å². The molecule has 0 heterocycles. The van der Waals surface area contributed by atoms with Crippen LogP contribution in [0.1, 0.15) is 11.1 Å². The summed E-state index contributed by atoms with van der Waals surface area (Å²) in [6.45, 7) is 1.97. The molecule has 1 amide bonds. The van der Waals surface area contributed by atoms with Crippen molar-refractivity contribution >= 4 is 29.6 Å². The second kappa shape index (κ2) is 6.73. The Morgan fingerprint density at radius 2 is 1.90 bits per heavy atom. The van der Waals surface area contributed by atoms with E-state index >= 15 is 0 Å². The Hall–Kier alpha value is -2.33. The van der Waals surface area contributed by atoms with E-state index in [-0.39, 0.29) is 0 Å². The number of hydrogen-bond acceptors (Lipinski definition) is 3. The Bertz CT molecular complexity index is 624. The summed E-state index contributed by atoms with van der Waals surface area (Å²) in [7, 11) is 0.